The van der Waals surface area contributed by atoms with E-state index >= 15 is 0 Å². The van der Waals surface area contributed by atoms with Crippen molar-refractivity contribution in [3.05, 3.63) is 24.5 Å². The highest BCUT2D eigenvalue weighted by Gasteiger charge is 2.17. The van der Waals surface area contributed by atoms with Crippen LogP contribution in [-0.4, -0.2) is 6.61 Å². The summed E-state index contributed by atoms with van der Waals surface area (Å²) in [5.41, 5.74) is 0. The molecule has 0 saturated carbocycles. The normalized spacial score (nSPS) is 29.5. The van der Waals surface area contributed by atoms with Crippen molar-refractivity contribution in [3.8, 4) is 0 Å². The summed E-state index contributed by atoms with van der Waals surface area (Å²) in [5.74, 6) is 1.49. The van der Waals surface area contributed by atoms with Gasteiger partial charge in [0.2, 0.25) is 0 Å². The summed E-state index contributed by atoms with van der Waals surface area (Å²) in [6.07, 6.45) is 10.7. The van der Waals surface area contributed by atoms with Gasteiger partial charge in [0.15, 0.2) is 0 Å². The van der Waals surface area contributed by atoms with Crippen LogP contribution in [0.5, 0.6) is 0 Å². The Morgan fingerprint density at radius 1 is 1.42 bits per heavy atom. The molecule has 0 aromatic rings. The molecule has 1 nitrogen and oxygen atoms in total. The molecule has 0 bridgehead atoms. The van der Waals surface area contributed by atoms with E-state index in [9.17, 15) is 0 Å². The minimum atomic E-state index is 0.714. The van der Waals surface area contributed by atoms with Gasteiger partial charge in [-0.1, -0.05) is 25.2 Å². The zero-order valence-corrected chi connectivity index (χ0v) is 7.99. The third-order valence-electron chi connectivity index (χ3n) is 2.46. The van der Waals surface area contributed by atoms with Gasteiger partial charge in [-0.3, -0.25) is 0 Å². The van der Waals surface area contributed by atoms with Crippen LogP contribution in [0, 0.1) is 11.8 Å². The van der Waals surface area contributed by atoms with Crippen LogP contribution in [0.2, 0.25) is 0 Å². The molecule has 0 aromatic heterocycles. The van der Waals surface area contributed by atoms with Crippen molar-refractivity contribution in [2.75, 3.05) is 6.61 Å². The number of hydrogen-bond donors (Lipinski definition) is 0. The first kappa shape index (κ1) is 9.37. The fraction of sp³-hybridized carbons (Fsp3) is 0.636. The van der Waals surface area contributed by atoms with E-state index in [1.54, 1.807) is 6.26 Å². The second-order valence-electron chi connectivity index (χ2n) is 3.48. The molecule has 1 aliphatic rings. The number of rotatable bonds is 3. The third-order valence-corrected chi connectivity index (χ3v) is 2.46. The van der Waals surface area contributed by atoms with E-state index in [2.05, 4.69) is 19.1 Å². The summed E-state index contributed by atoms with van der Waals surface area (Å²) in [6, 6.07) is 0. The van der Waals surface area contributed by atoms with E-state index in [4.69, 9.17) is 4.74 Å². The van der Waals surface area contributed by atoms with Gasteiger partial charge in [-0.25, -0.2) is 0 Å². The average molecular weight is 166 g/mol. The number of hydrogen-bond acceptors (Lipinski definition) is 1. The summed E-state index contributed by atoms with van der Waals surface area (Å²) >= 11 is 0. The molecule has 0 spiro atoms. The van der Waals surface area contributed by atoms with Crippen molar-refractivity contribution in [1.29, 1.82) is 0 Å². The van der Waals surface area contributed by atoms with Gasteiger partial charge < -0.3 is 4.74 Å². The van der Waals surface area contributed by atoms with E-state index < -0.39 is 0 Å². The lowest BCUT2D eigenvalue weighted by atomic mass is 9.85. The highest BCUT2D eigenvalue weighted by molar-refractivity contribution is 4.93. The number of ether oxygens (including phenoxy) is 1. The van der Waals surface area contributed by atoms with Crippen LogP contribution < -0.4 is 0 Å². The van der Waals surface area contributed by atoms with Crippen LogP contribution in [0.1, 0.15) is 26.7 Å². The molecule has 12 heavy (non-hydrogen) atoms. The highest BCUT2D eigenvalue weighted by atomic mass is 16.5. The Kier molecular flexibility index (Phi) is 3.92. The molecule has 0 aliphatic heterocycles. The van der Waals surface area contributed by atoms with Crippen molar-refractivity contribution in [3.63, 3.8) is 0 Å². The fourth-order valence-corrected chi connectivity index (χ4v) is 1.51. The van der Waals surface area contributed by atoms with Gasteiger partial charge in [-0.2, -0.15) is 0 Å². The molecule has 0 heterocycles. The smallest absolute Gasteiger partial charge is 0.0906 e. The van der Waals surface area contributed by atoms with Gasteiger partial charge in [-0.05, 0) is 31.6 Å². The van der Waals surface area contributed by atoms with Gasteiger partial charge in [0.05, 0.1) is 12.9 Å². The molecule has 0 fully saturated rings. The first-order chi connectivity index (χ1) is 5.84. The predicted octanol–water partition coefficient (Wildman–Crippen LogP) is 3.14. The maximum absolute atomic E-state index is 5.38. The quantitative estimate of drug-likeness (QED) is 0.462. The first-order valence-electron chi connectivity index (χ1n) is 4.72. The van der Waals surface area contributed by atoms with Crippen molar-refractivity contribution < 1.29 is 4.74 Å². The SMILES string of the molecule is CC=COCC1CC=CCC1C. The van der Waals surface area contributed by atoms with Crippen LogP contribution >= 0.6 is 0 Å². The van der Waals surface area contributed by atoms with E-state index in [0.717, 1.165) is 12.5 Å². The molecule has 2 unspecified atom stereocenters. The molecule has 0 amide bonds. The first-order valence-corrected chi connectivity index (χ1v) is 4.72. The summed E-state index contributed by atoms with van der Waals surface area (Å²) < 4.78 is 5.38. The number of allylic oxidation sites excluding steroid dienone is 3. The van der Waals surface area contributed by atoms with Gasteiger partial charge >= 0.3 is 0 Å². The Balaban J connectivity index is 2.26. The predicted molar refractivity (Wildman–Crippen MR) is 51.8 cm³/mol. The van der Waals surface area contributed by atoms with E-state index in [1.807, 2.05) is 13.0 Å². The van der Waals surface area contributed by atoms with Crippen molar-refractivity contribution in [2.24, 2.45) is 11.8 Å². The van der Waals surface area contributed by atoms with Gasteiger partial charge in [-0.15, -0.1) is 0 Å². The molecule has 1 heteroatoms. The molecule has 0 aromatic carbocycles. The lowest BCUT2D eigenvalue weighted by molar-refractivity contribution is 0.156. The molecule has 2 atom stereocenters. The molecule has 1 rings (SSSR count). The second-order valence-corrected chi connectivity index (χ2v) is 3.48. The Labute approximate surface area is 75.1 Å². The van der Waals surface area contributed by atoms with Crippen LogP contribution in [0.3, 0.4) is 0 Å². The molecular formula is C11H18O. The van der Waals surface area contributed by atoms with Crippen molar-refractivity contribution in [2.45, 2.75) is 26.7 Å². The van der Waals surface area contributed by atoms with Gasteiger partial charge in [0, 0.05) is 0 Å². The molecule has 0 radical (unpaired) electrons. The molecule has 0 saturated heterocycles. The summed E-state index contributed by atoms with van der Waals surface area (Å²) in [6.45, 7) is 5.15. The molecule has 0 N–H and O–H groups in total. The largest absolute Gasteiger partial charge is 0.501 e. The zero-order valence-electron chi connectivity index (χ0n) is 7.99. The van der Waals surface area contributed by atoms with Crippen LogP contribution in [0.15, 0.2) is 24.5 Å². The highest BCUT2D eigenvalue weighted by Crippen LogP contribution is 2.24. The maximum Gasteiger partial charge on any atom is 0.0906 e. The lowest BCUT2D eigenvalue weighted by Gasteiger charge is -2.24. The fourth-order valence-electron chi connectivity index (χ4n) is 1.51. The molecular weight excluding hydrogens is 148 g/mol. The van der Waals surface area contributed by atoms with Crippen molar-refractivity contribution >= 4 is 0 Å². The molecule has 68 valence electrons. The monoisotopic (exact) mass is 166 g/mol. The lowest BCUT2D eigenvalue weighted by Crippen LogP contribution is -2.18. The Hall–Kier alpha value is -0.720. The van der Waals surface area contributed by atoms with Crippen molar-refractivity contribution in [1.82, 2.24) is 0 Å². The van der Waals surface area contributed by atoms with Crippen LogP contribution in [0.25, 0.3) is 0 Å². The van der Waals surface area contributed by atoms with E-state index in [0.29, 0.717) is 5.92 Å². The third kappa shape index (κ3) is 2.72. The Bertz CT molecular complexity index is 170. The average Bonchev–Trinajstić information content (AvgIpc) is 2.09. The Morgan fingerprint density at radius 3 is 2.83 bits per heavy atom. The zero-order chi connectivity index (χ0) is 8.81. The topological polar surface area (TPSA) is 9.23 Å². The van der Waals surface area contributed by atoms with E-state index in [-0.39, 0.29) is 0 Å². The van der Waals surface area contributed by atoms with Gasteiger partial charge in [0.1, 0.15) is 0 Å². The maximum atomic E-state index is 5.38. The van der Waals surface area contributed by atoms with E-state index in [1.165, 1.54) is 12.8 Å². The molecule has 1 aliphatic carbocycles. The minimum absolute atomic E-state index is 0.714. The van der Waals surface area contributed by atoms with Gasteiger partial charge in [0.25, 0.3) is 0 Å². The minimum Gasteiger partial charge on any atom is -0.501 e. The second kappa shape index (κ2) is 5.02. The Morgan fingerprint density at radius 2 is 2.17 bits per heavy atom. The standard InChI is InChI=1S/C11H18O/c1-3-8-12-9-11-7-5-4-6-10(11)2/h3-5,8,10-11H,6-7,9H2,1-2H3. The summed E-state index contributed by atoms with van der Waals surface area (Å²) in [4.78, 5) is 0. The van der Waals surface area contributed by atoms with Crippen LogP contribution in [-0.2, 0) is 4.74 Å². The summed E-state index contributed by atoms with van der Waals surface area (Å²) in [5, 5.41) is 0. The van der Waals surface area contributed by atoms with Crippen LogP contribution in [0.4, 0.5) is 0 Å². The summed E-state index contributed by atoms with van der Waals surface area (Å²) in [7, 11) is 0.